The van der Waals surface area contributed by atoms with Crippen molar-refractivity contribution in [2.24, 2.45) is 5.92 Å². The van der Waals surface area contributed by atoms with Crippen molar-refractivity contribution in [2.45, 2.75) is 31.9 Å². The van der Waals surface area contributed by atoms with Gasteiger partial charge < -0.3 is 9.64 Å². The van der Waals surface area contributed by atoms with Gasteiger partial charge in [0.2, 0.25) is 6.43 Å². The molecule has 3 atom stereocenters. The summed E-state index contributed by atoms with van der Waals surface area (Å²) in [5, 5.41) is 0. The number of likely N-dealkylation sites (tertiary alicyclic amines) is 1. The Labute approximate surface area is 77.9 Å². The Bertz CT molecular complexity index is 166. The smallest absolute Gasteiger partial charge is 0.243 e. The number of ether oxygens (including phenoxy) is 1. The molecule has 0 N–H and O–H groups in total. The number of alkyl halides is 2. The van der Waals surface area contributed by atoms with Gasteiger partial charge >= 0.3 is 0 Å². The molecule has 4 heteroatoms. The summed E-state index contributed by atoms with van der Waals surface area (Å²) in [4.78, 5) is 1.96. The van der Waals surface area contributed by atoms with Crippen LogP contribution in [0.5, 0.6) is 0 Å². The normalized spacial score (nSPS) is 32.8. The van der Waals surface area contributed by atoms with Gasteiger partial charge in [-0.15, -0.1) is 0 Å². The Hall–Kier alpha value is -0.220. The Balaban J connectivity index is 2.65. The maximum Gasteiger partial charge on any atom is 0.243 e. The van der Waals surface area contributed by atoms with Crippen molar-refractivity contribution in [2.75, 3.05) is 20.7 Å². The number of hydrogen-bond acceptors (Lipinski definition) is 2. The minimum absolute atomic E-state index is 0.119. The molecule has 1 rings (SSSR count). The molecule has 0 spiro atoms. The van der Waals surface area contributed by atoms with Crippen LogP contribution < -0.4 is 0 Å². The molecule has 1 heterocycles. The average Bonchev–Trinajstić information content (AvgIpc) is 2.46. The van der Waals surface area contributed by atoms with E-state index in [4.69, 9.17) is 4.74 Å². The minimum Gasteiger partial charge on any atom is -0.380 e. The number of rotatable bonds is 3. The third-order valence-electron chi connectivity index (χ3n) is 2.94. The molecule has 0 aromatic rings. The van der Waals surface area contributed by atoms with Crippen LogP contribution in [0, 0.1) is 5.92 Å². The first-order valence-electron chi connectivity index (χ1n) is 4.59. The van der Waals surface area contributed by atoms with E-state index in [0.29, 0.717) is 6.42 Å². The quantitative estimate of drug-likeness (QED) is 0.675. The van der Waals surface area contributed by atoms with E-state index in [1.54, 1.807) is 7.11 Å². The highest BCUT2D eigenvalue weighted by atomic mass is 19.3. The van der Waals surface area contributed by atoms with Crippen molar-refractivity contribution < 1.29 is 13.5 Å². The summed E-state index contributed by atoms with van der Waals surface area (Å²) in [5.41, 5.74) is 0. The molecule has 0 saturated carbocycles. The van der Waals surface area contributed by atoms with E-state index >= 15 is 0 Å². The molecule has 0 aliphatic carbocycles. The lowest BCUT2D eigenvalue weighted by Gasteiger charge is -2.29. The van der Waals surface area contributed by atoms with Gasteiger partial charge in [0.1, 0.15) is 0 Å². The van der Waals surface area contributed by atoms with Crippen molar-refractivity contribution >= 4 is 0 Å². The first-order valence-corrected chi connectivity index (χ1v) is 4.59. The van der Waals surface area contributed by atoms with Crippen LogP contribution in [0.2, 0.25) is 0 Å². The monoisotopic (exact) mass is 193 g/mol. The molecule has 1 aliphatic rings. The highest BCUT2D eigenvalue weighted by molar-refractivity contribution is 4.90. The van der Waals surface area contributed by atoms with E-state index in [1.165, 1.54) is 0 Å². The fourth-order valence-corrected chi connectivity index (χ4v) is 2.12. The van der Waals surface area contributed by atoms with Gasteiger partial charge in [-0.25, -0.2) is 8.78 Å². The van der Waals surface area contributed by atoms with E-state index < -0.39 is 12.3 Å². The predicted molar refractivity (Wildman–Crippen MR) is 47.0 cm³/mol. The Kier molecular flexibility index (Phi) is 3.62. The van der Waals surface area contributed by atoms with Crippen molar-refractivity contribution in [3.63, 3.8) is 0 Å². The first-order chi connectivity index (χ1) is 6.07. The summed E-state index contributed by atoms with van der Waals surface area (Å²) >= 11 is 0. The Morgan fingerprint density at radius 3 is 2.54 bits per heavy atom. The molecule has 1 saturated heterocycles. The summed E-state index contributed by atoms with van der Waals surface area (Å²) in [6.07, 6.45) is -1.77. The van der Waals surface area contributed by atoms with Crippen LogP contribution in [0.25, 0.3) is 0 Å². The molecule has 0 bridgehead atoms. The van der Waals surface area contributed by atoms with Crippen LogP contribution in [0.4, 0.5) is 8.78 Å². The van der Waals surface area contributed by atoms with E-state index in [9.17, 15) is 8.78 Å². The van der Waals surface area contributed by atoms with Crippen LogP contribution in [0.3, 0.4) is 0 Å². The van der Waals surface area contributed by atoms with Crippen molar-refractivity contribution in [3.8, 4) is 0 Å². The molecule has 0 amide bonds. The molecule has 0 unspecified atom stereocenters. The molecule has 0 radical (unpaired) electrons. The average molecular weight is 193 g/mol. The lowest BCUT2D eigenvalue weighted by molar-refractivity contribution is -0.00977. The number of nitrogens with zero attached hydrogens (tertiary/aromatic N) is 1. The summed E-state index contributed by atoms with van der Waals surface area (Å²) in [7, 11) is 3.45. The minimum atomic E-state index is -2.23. The molecule has 1 aliphatic heterocycles. The van der Waals surface area contributed by atoms with Crippen LogP contribution in [0.1, 0.15) is 13.3 Å². The predicted octanol–water partition coefficient (Wildman–Crippen LogP) is 1.61. The van der Waals surface area contributed by atoms with Gasteiger partial charge in [-0.05, 0) is 26.9 Å². The fraction of sp³-hybridized carbons (Fsp3) is 1.00. The van der Waals surface area contributed by atoms with E-state index in [1.807, 2.05) is 18.9 Å². The van der Waals surface area contributed by atoms with Crippen LogP contribution in [0.15, 0.2) is 0 Å². The molecule has 0 aromatic heterocycles. The number of likely N-dealkylation sites (N-methyl/N-ethyl adjacent to an activating group) is 1. The second-order valence-electron chi connectivity index (χ2n) is 3.70. The summed E-state index contributed by atoms with van der Waals surface area (Å²) in [6, 6.07) is -0.134. The second-order valence-corrected chi connectivity index (χ2v) is 3.70. The SMILES string of the molecule is CO[C@@H](C)[C@@H]1[C@H](C(F)F)CCN1C. The van der Waals surface area contributed by atoms with Crippen molar-refractivity contribution in [1.82, 2.24) is 4.90 Å². The molecule has 2 nitrogen and oxygen atoms in total. The summed E-state index contributed by atoms with van der Waals surface area (Å²) in [5.74, 6) is -0.528. The van der Waals surface area contributed by atoms with Gasteiger partial charge in [0.15, 0.2) is 0 Å². The maximum atomic E-state index is 12.6. The molecule has 0 aromatic carbocycles. The van der Waals surface area contributed by atoms with E-state index in [-0.39, 0.29) is 12.1 Å². The molecular formula is C9H17F2NO. The largest absolute Gasteiger partial charge is 0.380 e. The molecule has 78 valence electrons. The molecule has 13 heavy (non-hydrogen) atoms. The van der Waals surface area contributed by atoms with Crippen molar-refractivity contribution in [3.05, 3.63) is 0 Å². The Morgan fingerprint density at radius 1 is 1.46 bits per heavy atom. The Morgan fingerprint density at radius 2 is 2.08 bits per heavy atom. The topological polar surface area (TPSA) is 12.5 Å². The summed E-state index contributed by atoms with van der Waals surface area (Å²) < 4.78 is 30.3. The van der Waals surface area contributed by atoms with Crippen LogP contribution in [-0.2, 0) is 4.74 Å². The van der Waals surface area contributed by atoms with Gasteiger partial charge in [0.25, 0.3) is 0 Å². The van der Waals surface area contributed by atoms with Crippen LogP contribution >= 0.6 is 0 Å². The zero-order valence-electron chi connectivity index (χ0n) is 8.34. The second kappa shape index (κ2) is 4.33. The van der Waals surface area contributed by atoms with E-state index in [0.717, 1.165) is 6.54 Å². The fourth-order valence-electron chi connectivity index (χ4n) is 2.12. The zero-order chi connectivity index (χ0) is 10.0. The van der Waals surface area contributed by atoms with Gasteiger partial charge in [-0.2, -0.15) is 0 Å². The number of hydrogen-bond donors (Lipinski definition) is 0. The highest BCUT2D eigenvalue weighted by Crippen LogP contribution is 2.31. The number of methoxy groups -OCH3 is 1. The number of halogens is 2. The zero-order valence-corrected chi connectivity index (χ0v) is 8.34. The first kappa shape index (κ1) is 10.9. The lowest BCUT2D eigenvalue weighted by atomic mass is 9.97. The van der Waals surface area contributed by atoms with Crippen molar-refractivity contribution in [1.29, 1.82) is 0 Å². The van der Waals surface area contributed by atoms with Gasteiger partial charge in [-0.3, -0.25) is 0 Å². The third kappa shape index (κ3) is 2.17. The maximum absolute atomic E-state index is 12.6. The lowest BCUT2D eigenvalue weighted by Crippen LogP contribution is -2.41. The third-order valence-corrected chi connectivity index (χ3v) is 2.94. The van der Waals surface area contributed by atoms with Gasteiger partial charge in [0.05, 0.1) is 6.10 Å². The standard InChI is InChI=1S/C9H17F2NO/c1-6(13-3)8-7(9(10)11)4-5-12(8)2/h6-9H,4-5H2,1-3H3/t6-,7+,8+/m0/s1. The molecule has 1 fully saturated rings. The van der Waals surface area contributed by atoms with Gasteiger partial charge in [0, 0.05) is 19.1 Å². The highest BCUT2D eigenvalue weighted by Gasteiger charge is 2.40. The van der Waals surface area contributed by atoms with E-state index in [2.05, 4.69) is 0 Å². The van der Waals surface area contributed by atoms with Gasteiger partial charge in [-0.1, -0.05) is 0 Å². The van der Waals surface area contributed by atoms with Crippen LogP contribution in [-0.4, -0.2) is 44.2 Å². The molecular weight excluding hydrogens is 176 g/mol. The summed E-state index contributed by atoms with van der Waals surface area (Å²) in [6.45, 7) is 2.59.